The van der Waals surface area contributed by atoms with Gasteiger partial charge in [0.25, 0.3) is 5.89 Å². The van der Waals surface area contributed by atoms with Gasteiger partial charge in [-0.05, 0) is 26.1 Å². The average Bonchev–Trinajstić information content (AvgIpc) is 2.98. The van der Waals surface area contributed by atoms with Gasteiger partial charge < -0.3 is 14.6 Å². The third kappa shape index (κ3) is 2.88. The Morgan fingerprint density at radius 1 is 1.52 bits per heavy atom. The molecule has 3 heterocycles. The Kier molecular flexibility index (Phi) is 4.12. The zero-order valence-corrected chi connectivity index (χ0v) is 12.2. The van der Waals surface area contributed by atoms with Crippen LogP contribution >= 0.6 is 0 Å². The summed E-state index contributed by atoms with van der Waals surface area (Å²) in [6.07, 6.45) is 1.69. The summed E-state index contributed by atoms with van der Waals surface area (Å²) in [6, 6.07) is 3.80. The summed E-state index contributed by atoms with van der Waals surface area (Å²) in [6.45, 7) is 5.25. The number of ether oxygens (including phenoxy) is 1. The van der Waals surface area contributed by atoms with Gasteiger partial charge in [-0.25, -0.2) is 4.98 Å². The second-order valence-corrected chi connectivity index (χ2v) is 4.94. The maximum Gasteiger partial charge on any atom is 0.280 e. The molecule has 1 atom stereocenters. The van der Waals surface area contributed by atoms with Crippen molar-refractivity contribution in [2.75, 3.05) is 33.3 Å². The second kappa shape index (κ2) is 6.19. The Balaban J connectivity index is 1.88. The molecule has 1 N–H and O–H groups in total. The van der Waals surface area contributed by atoms with Crippen molar-refractivity contribution in [3.8, 4) is 17.3 Å². The number of piperazine rings is 1. The largest absolute Gasteiger partial charge is 0.491 e. The third-order valence-corrected chi connectivity index (χ3v) is 3.52. The van der Waals surface area contributed by atoms with E-state index in [4.69, 9.17) is 9.26 Å². The molecule has 0 spiro atoms. The highest BCUT2D eigenvalue weighted by Gasteiger charge is 2.26. The molecule has 2 aromatic heterocycles. The van der Waals surface area contributed by atoms with Gasteiger partial charge in [0.1, 0.15) is 0 Å². The number of hydrogen-bond acceptors (Lipinski definition) is 7. The minimum atomic E-state index is 0.121. The zero-order chi connectivity index (χ0) is 14.7. The molecular formula is C14H19N5O2. The van der Waals surface area contributed by atoms with Gasteiger partial charge in [-0.2, -0.15) is 4.98 Å². The van der Waals surface area contributed by atoms with Crippen LogP contribution < -0.4 is 10.1 Å². The first-order valence-electron chi connectivity index (χ1n) is 7.12. The van der Waals surface area contributed by atoms with Crippen molar-refractivity contribution < 1.29 is 9.26 Å². The molecule has 0 aromatic carbocycles. The molecule has 0 radical (unpaired) electrons. The number of likely N-dealkylation sites (N-methyl/N-ethyl adjacent to an activating group) is 1. The van der Waals surface area contributed by atoms with Crippen LogP contribution in [-0.4, -0.2) is 53.3 Å². The first-order chi connectivity index (χ1) is 10.3. The zero-order valence-electron chi connectivity index (χ0n) is 12.2. The summed E-state index contributed by atoms with van der Waals surface area (Å²) in [5.74, 6) is 1.73. The minimum absolute atomic E-state index is 0.121. The summed E-state index contributed by atoms with van der Waals surface area (Å²) in [7, 11) is 2.06. The van der Waals surface area contributed by atoms with Crippen LogP contribution in [0.2, 0.25) is 0 Å². The molecule has 2 aromatic rings. The van der Waals surface area contributed by atoms with E-state index in [9.17, 15) is 0 Å². The number of pyridine rings is 1. The lowest BCUT2D eigenvalue weighted by Crippen LogP contribution is -2.44. The lowest BCUT2D eigenvalue weighted by Gasteiger charge is -2.30. The summed E-state index contributed by atoms with van der Waals surface area (Å²) < 4.78 is 10.9. The van der Waals surface area contributed by atoms with Gasteiger partial charge in [-0.3, -0.25) is 4.90 Å². The topological polar surface area (TPSA) is 76.3 Å². The Hall–Kier alpha value is -1.99. The lowest BCUT2D eigenvalue weighted by molar-refractivity contribution is 0.190. The van der Waals surface area contributed by atoms with Gasteiger partial charge in [0.15, 0.2) is 17.3 Å². The van der Waals surface area contributed by atoms with Crippen molar-refractivity contribution in [1.29, 1.82) is 0 Å². The molecular weight excluding hydrogens is 270 g/mol. The normalized spacial score (nSPS) is 19.6. The fourth-order valence-corrected chi connectivity index (χ4v) is 2.38. The summed E-state index contributed by atoms with van der Waals surface area (Å²) in [4.78, 5) is 11.0. The van der Waals surface area contributed by atoms with E-state index in [1.165, 1.54) is 0 Å². The standard InChI is InChI=1S/C14H19N5O2/c1-3-20-11-5-4-6-16-12(11)14-17-13(18-21-14)10-9-15-7-8-19(10)2/h4-6,10,15H,3,7-9H2,1-2H3. The molecule has 1 saturated heterocycles. The maximum atomic E-state index is 5.55. The number of nitrogens with one attached hydrogen (secondary N) is 1. The molecule has 21 heavy (non-hydrogen) atoms. The molecule has 1 aliphatic heterocycles. The van der Waals surface area contributed by atoms with Gasteiger partial charge in [-0.15, -0.1) is 0 Å². The number of aromatic nitrogens is 3. The van der Waals surface area contributed by atoms with Gasteiger partial charge in [0, 0.05) is 25.8 Å². The predicted octanol–water partition coefficient (Wildman–Crippen LogP) is 1.11. The van der Waals surface area contributed by atoms with Crippen LogP contribution in [0, 0.1) is 0 Å². The molecule has 1 unspecified atom stereocenters. The molecule has 1 fully saturated rings. The molecule has 7 nitrogen and oxygen atoms in total. The molecule has 7 heteroatoms. The van der Waals surface area contributed by atoms with Crippen LogP contribution in [-0.2, 0) is 0 Å². The summed E-state index contributed by atoms with van der Waals surface area (Å²) >= 11 is 0. The van der Waals surface area contributed by atoms with Gasteiger partial charge >= 0.3 is 0 Å². The fourth-order valence-electron chi connectivity index (χ4n) is 2.38. The van der Waals surface area contributed by atoms with Crippen molar-refractivity contribution in [1.82, 2.24) is 25.3 Å². The van der Waals surface area contributed by atoms with Crippen molar-refractivity contribution in [3.05, 3.63) is 24.2 Å². The predicted molar refractivity (Wildman–Crippen MR) is 76.9 cm³/mol. The monoisotopic (exact) mass is 289 g/mol. The number of nitrogens with zero attached hydrogens (tertiary/aromatic N) is 4. The first kappa shape index (κ1) is 14.0. The van der Waals surface area contributed by atoms with Crippen LogP contribution in [0.3, 0.4) is 0 Å². The second-order valence-electron chi connectivity index (χ2n) is 4.94. The van der Waals surface area contributed by atoms with Crippen LogP contribution in [0.15, 0.2) is 22.9 Å². The fraction of sp³-hybridized carbons (Fsp3) is 0.500. The quantitative estimate of drug-likeness (QED) is 0.903. The molecule has 3 rings (SSSR count). The Bertz CT molecular complexity index is 601. The highest BCUT2D eigenvalue weighted by Crippen LogP contribution is 2.27. The van der Waals surface area contributed by atoms with Crippen LogP contribution in [0.4, 0.5) is 0 Å². The Morgan fingerprint density at radius 2 is 2.43 bits per heavy atom. The van der Waals surface area contributed by atoms with Crippen molar-refractivity contribution >= 4 is 0 Å². The molecule has 0 aliphatic carbocycles. The van der Waals surface area contributed by atoms with Crippen LogP contribution in [0.25, 0.3) is 11.6 Å². The summed E-state index contributed by atoms with van der Waals surface area (Å²) in [5.41, 5.74) is 0.588. The average molecular weight is 289 g/mol. The van der Waals surface area contributed by atoms with Crippen molar-refractivity contribution in [2.24, 2.45) is 0 Å². The van der Waals surface area contributed by atoms with Crippen molar-refractivity contribution in [3.63, 3.8) is 0 Å². The van der Waals surface area contributed by atoms with Gasteiger partial charge in [0.2, 0.25) is 0 Å². The van der Waals surface area contributed by atoms with E-state index in [1.807, 2.05) is 19.1 Å². The molecule has 1 aliphatic rings. The van der Waals surface area contributed by atoms with Crippen LogP contribution in [0.5, 0.6) is 5.75 Å². The molecule has 0 amide bonds. The van der Waals surface area contributed by atoms with E-state index in [1.54, 1.807) is 6.20 Å². The SMILES string of the molecule is CCOc1cccnc1-c1nc(C2CNCCN2C)no1. The Morgan fingerprint density at radius 3 is 3.24 bits per heavy atom. The number of hydrogen-bond donors (Lipinski definition) is 1. The van der Waals surface area contributed by atoms with E-state index in [0.717, 1.165) is 19.6 Å². The van der Waals surface area contributed by atoms with E-state index < -0.39 is 0 Å². The maximum absolute atomic E-state index is 5.55. The molecule has 112 valence electrons. The van der Waals surface area contributed by atoms with Crippen LogP contribution in [0.1, 0.15) is 18.8 Å². The highest BCUT2D eigenvalue weighted by atomic mass is 16.5. The smallest absolute Gasteiger partial charge is 0.280 e. The highest BCUT2D eigenvalue weighted by molar-refractivity contribution is 5.56. The number of rotatable bonds is 4. The van der Waals surface area contributed by atoms with Gasteiger partial charge in [0.05, 0.1) is 12.6 Å². The summed E-state index contributed by atoms with van der Waals surface area (Å²) in [5, 5.41) is 7.45. The lowest BCUT2D eigenvalue weighted by atomic mass is 10.2. The van der Waals surface area contributed by atoms with E-state index in [-0.39, 0.29) is 6.04 Å². The van der Waals surface area contributed by atoms with E-state index in [2.05, 4.69) is 32.4 Å². The third-order valence-electron chi connectivity index (χ3n) is 3.52. The molecule has 0 bridgehead atoms. The van der Waals surface area contributed by atoms with E-state index >= 15 is 0 Å². The molecule has 0 saturated carbocycles. The van der Waals surface area contributed by atoms with Gasteiger partial charge in [-0.1, -0.05) is 5.16 Å². The minimum Gasteiger partial charge on any atom is -0.491 e. The van der Waals surface area contributed by atoms with E-state index in [0.29, 0.717) is 29.8 Å². The van der Waals surface area contributed by atoms with Crippen molar-refractivity contribution in [2.45, 2.75) is 13.0 Å². The first-order valence-corrected chi connectivity index (χ1v) is 7.12. The Labute approximate surface area is 123 Å².